The number of benzene rings is 2. The van der Waals surface area contributed by atoms with Gasteiger partial charge in [-0.15, -0.1) is 0 Å². The van der Waals surface area contributed by atoms with E-state index in [1.54, 1.807) is 29.2 Å². The molecule has 0 aliphatic rings. The van der Waals surface area contributed by atoms with Crippen LogP contribution in [0.1, 0.15) is 24.2 Å². The lowest BCUT2D eigenvalue weighted by molar-refractivity contribution is -0.118. The molecule has 0 heterocycles. The number of rotatable bonds is 7. The summed E-state index contributed by atoms with van der Waals surface area (Å²) >= 11 is 2.21. The van der Waals surface area contributed by atoms with Gasteiger partial charge in [0.1, 0.15) is 5.75 Å². The van der Waals surface area contributed by atoms with Crippen LogP contribution in [0.5, 0.6) is 5.75 Å². The summed E-state index contributed by atoms with van der Waals surface area (Å²) in [6, 6.07) is 14.4. The zero-order valence-electron chi connectivity index (χ0n) is 14.3. The Balaban J connectivity index is 1.95. The second-order valence-electron chi connectivity index (χ2n) is 5.35. The van der Waals surface area contributed by atoms with Crippen molar-refractivity contribution in [1.82, 2.24) is 4.90 Å². The number of nitrogens with zero attached hydrogens (tertiary/aromatic N) is 1. The van der Waals surface area contributed by atoms with Crippen LogP contribution < -0.4 is 10.1 Å². The smallest absolute Gasteiger partial charge is 0.262 e. The molecule has 6 heteroatoms. The van der Waals surface area contributed by atoms with Gasteiger partial charge in [-0.3, -0.25) is 9.59 Å². The van der Waals surface area contributed by atoms with E-state index in [1.165, 1.54) is 0 Å². The Labute approximate surface area is 161 Å². The summed E-state index contributed by atoms with van der Waals surface area (Å²) in [7, 11) is 0. The molecule has 2 aromatic carbocycles. The van der Waals surface area contributed by atoms with Gasteiger partial charge in [0.05, 0.1) is 0 Å². The van der Waals surface area contributed by atoms with E-state index in [0.717, 1.165) is 3.57 Å². The van der Waals surface area contributed by atoms with Crippen LogP contribution in [0.4, 0.5) is 5.69 Å². The topological polar surface area (TPSA) is 58.6 Å². The van der Waals surface area contributed by atoms with Gasteiger partial charge in [-0.2, -0.15) is 0 Å². The van der Waals surface area contributed by atoms with Gasteiger partial charge in [0.15, 0.2) is 6.61 Å². The van der Waals surface area contributed by atoms with Crippen LogP contribution >= 0.6 is 22.6 Å². The van der Waals surface area contributed by atoms with Gasteiger partial charge in [0.2, 0.25) is 0 Å². The van der Waals surface area contributed by atoms with Crippen LogP contribution in [-0.2, 0) is 4.79 Å². The summed E-state index contributed by atoms with van der Waals surface area (Å²) < 4.78 is 6.56. The van der Waals surface area contributed by atoms with Crippen molar-refractivity contribution in [2.75, 3.05) is 25.0 Å². The van der Waals surface area contributed by atoms with E-state index >= 15 is 0 Å². The molecule has 0 aromatic heterocycles. The summed E-state index contributed by atoms with van der Waals surface area (Å²) in [6.07, 6.45) is 0. The van der Waals surface area contributed by atoms with Gasteiger partial charge in [0.25, 0.3) is 11.8 Å². The lowest BCUT2D eigenvalue weighted by Gasteiger charge is -2.19. The second kappa shape index (κ2) is 9.41. The maximum atomic E-state index is 12.4. The van der Waals surface area contributed by atoms with Gasteiger partial charge < -0.3 is 15.0 Å². The Kier molecular flexibility index (Phi) is 7.24. The third-order valence-electron chi connectivity index (χ3n) is 3.63. The predicted molar refractivity (Wildman–Crippen MR) is 107 cm³/mol. The first-order valence-electron chi connectivity index (χ1n) is 8.11. The molecule has 0 aliphatic carbocycles. The number of hydrogen-bond donors (Lipinski definition) is 1. The highest BCUT2D eigenvalue weighted by molar-refractivity contribution is 14.1. The lowest BCUT2D eigenvalue weighted by Crippen LogP contribution is -2.30. The van der Waals surface area contributed by atoms with Crippen LogP contribution in [0.2, 0.25) is 0 Å². The first-order valence-corrected chi connectivity index (χ1v) is 9.19. The minimum atomic E-state index is -0.272. The van der Waals surface area contributed by atoms with Crippen molar-refractivity contribution in [1.29, 1.82) is 0 Å². The molecule has 0 atom stereocenters. The first-order chi connectivity index (χ1) is 12.0. The number of carbonyl (C=O) groups excluding carboxylic acids is 2. The van der Waals surface area contributed by atoms with Gasteiger partial charge >= 0.3 is 0 Å². The summed E-state index contributed by atoms with van der Waals surface area (Å²) in [5, 5.41) is 2.76. The molecule has 0 saturated heterocycles. The molecule has 0 saturated carbocycles. The van der Waals surface area contributed by atoms with E-state index in [0.29, 0.717) is 30.1 Å². The van der Waals surface area contributed by atoms with Crippen molar-refractivity contribution in [2.24, 2.45) is 0 Å². The zero-order chi connectivity index (χ0) is 18.2. The third kappa shape index (κ3) is 5.74. The Bertz CT molecular complexity index is 728. The van der Waals surface area contributed by atoms with Gasteiger partial charge in [-0.25, -0.2) is 0 Å². The summed E-state index contributed by atoms with van der Waals surface area (Å²) in [6.45, 7) is 5.09. The Morgan fingerprint density at radius 1 is 1.08 bits per heavy atom. The van der Waals surface area contributed by atoms with Crippen LogP contribution in [0.3, 0.4) is 0 Å². The highest BCUT2D eigenvalue weighted by Crippen LogP contribution is 2.15. The summed E-state index contributed by atoms with van der Waals surface area (Å²) in [4.78, 5) is 26.2. The third-order valence-corrected chi connectivity index (χ3v) is 4.35. The molecule has 0 fully saturated rings. The molecular weight excluding hydrogens is 431 g/mol. The molecule has 0 spiro atoms. The fourth-order valence-corrected chi connectivity index (χ4v) is 2.66. The number of nitrogens with one attached hydrogen (secondary N) is 1. The number of anilines is 1. The molecular formula is C19H21IN2O3. The van der Waals surface area contributed by atoms with Gasteiger partial charge in [0, 0.05) is 27.9 Å². The summed E-state index contributed by atoms with van der Waals surface area (Å²) in [5.41, 5.74) is 1.13. The van der Waals surface area contributed by atoms with E-state index in [-0.39, 0.29) is 18.4 Å². The first kappa shape index (κ1) is 19.2. The molecule has 2 amide bonds. The lowest BCUT2D eigenvalue weighted by atomic mass is 10.1. The molecule has 0 aliphatic heterocycles. The molecule has 5 nitrogen and oxygen atoms in total. The van der Waals surface area contributed by atoms with E-state index < -0.39 is 0 Å². The van der Waals surface area contributed by atoms with Crippen LogP contribution in [0.25, 0.3) is 0 Å². The van der Waals surface area contributed by atoms with Crippen molar-refractivity contribution in [2.45, 2.75) is 13.8 Å². The summed E-state index contributed by atoms with van der Waals surface area (Å²) in [5.74, 6) is 0.322. The number of amides is 2. The van der Waals surface area contributed by atoms with E-state index in [4.69, 9.17) is 4.74 Å². The van der Waals surface area contributed by atoms with Crippen molar-refractivity contribution in [3.05, 3.63) is 57.7 Å². The average Bonchev–Trinajstić information content (AvgIpc) is 2.62. The minimum absolute atomic E-state index is 0.0452. The molecule has 25 heavy (non-hydrogen) atoms. The Morgan fingerprint density at radius 3 is 2.40 bits per heavy atom. The average molecular weight is 452 g/mol. The highest BCUT2D eigenvalue weighted by Gasteiger charge is 2.13. The molecule has 0 bridgehead atoms. The van der Waals surface area contributed by atoms with Crippen LogP contribution in [0, 0.1) is 3.57 Å². The molecule has 2 rings (SSSR count). The maximum Gasteiger partial charge on any atom is 0.262 e. The van der Waals surface area contributed by atoms with E-state index in [9.17, 15) is 9.59 Å². The quantitative estimate of drug-likeness (QED) is 0.651. The Hall–Kier alpha value is -2.09. The number of hydrogen-bond acceptors (Lipinski definition) is 3. The van der Waals surface area contributed by atoms with Crippen molar-refractivity contribution < 1.29 is 14.3 Å². The van der Waals surface area contributed by atoms with Crippen LogP contribution in [0.15, 0.2) is 48.5 Å². The largest absolute Gasteiger partial charge is 0.484 e. The van der Waals surface area contributed by atoms with Gasteiger partial charge in [-0.1, -0.05) is 6.07 Å². The maximum absolute atomic E-state index is 12.4. The van der Waals surface area contributed by atoms with Crippen LogP contribution in [-0.4, -0.2) is 36.4 Å². The second-order valence-corrected chi connectivity index (χ2v) is 6.59. The standard InChI is InChI=1S/C19H21IN2O3/c1-3-22(4-2)19(24)14-6-5-7-16(12-14)21-18(23)13-25-17-10-8-15(20)9-11-17/h5-12H,3-4,13H2,1-2H3,(H,21,23). The normalized spacial score (nSPS) is 10.2. The molecule has 132 valence electrons. The van der Waals surface area contributed by atoms with Crippen molar-refractivity contribution >= 4 is 40.1 Å². The zero-order valence-corrected chi connectivity index (χ0v) is 16.4. The van der Waals surface area contributed by atoms with Crippen molar-refractivity contribution in [3.63, 3.8) is 0 Å². The number of halogens is 1. The fraction of sp³-hybridized carbons (Fsp3) is 0.263. The SMILES string of the molecule is CCN(CC)C(=O)c1cccc(NC(=O)COc2ccc(I)cc2)c1. The number of carbonyl (C=O) groups is 2. The minimum Gasteiger partial charge on any atom is -0.484 e. The monoisotopic (exact) mass is 452 g/mol. The van der Waals surface area contributed by atoms with Crippen molar-refractivity contribution in [3.8, 4) is 5.75 Å². The molecule has 0 radical (unpaired) electrons. The van der Waals surface area contributed by atoms with E-state index in [1.807, 2.05) is 38.1 Å². The fourth-order valence-electron chi connectivity index (χ4n) is 2.30. The molecule has 1 N–H and O–H groups in total. The molecule has 2 aromatic rings. The molecule has 0 unspecified atom stereocenters. The highest BCUT2D eigenvalue weighted by atomic mass is 127. The Morgan fingerprint density at radius 2 is 1.76 bits per heavy atom. The number of ether oxygens (including phenoxy) is 1. The van der Waals surface area contributed by atoms with Gasteiger partial charge in [-0.05, 0) is 78.9 Å². The van der Waals surface area contributed by atoms with E-state index in [2.05, 4.69) is 27.9 Å². The predicted octanol–water partition coefficient (Wildman–Crippen LogP) is 3.79.